The standard InChI is InChI=1S/C24H23F5N6O2S/c1-14-21(18(38-33-14)10-17-11-31-19(12-30-17)24(27,28)29)22(36)32-16-4-2-15(3-5-16)23(37)35-8-6-34(7-9-35)13-20(25)26/h2-5,11-12,20H,6-10,13H2,1H3,(H,32,36). The quantitative estimate of drug-likeness (QED) is 0.442. The molecule has 2 amide bonds. The smallest absolute Gasteiger partial charge is 0.336 e. The minimum absolute atomic E-state index is 0.0808. The van der Waals surface area contributed by atoms with Crippen molar-refractivity contribution in [1.82, 2.24) is 24.1 Å². The number of carbonyl (C=O) groups is 2. The van der Waals surface area contributed by atoms with Gasteiger partial charge in [0.25, 0.3) is 18.2 Å². The van der Waals surface area contributed by atoms with E-state index in [0.29, 0.717) is 59.8 Å². The maximum Gasteiger partial charge on any atom is 0.434 e. The molecule has 0 radical (unpaired) electrons. The molecule has 1 saturated heterocycles. The fraction of sp³-hybridized carbons (Fsp3) is 0.375. The van der Waals surface area contributed by atoms with Gasteiger partial charge in [-0.1, -0.05) is 0 Å². The van der Waals surface area contributed by atoms with E-state index in [4.69, 9.17) is 0 Å². The van der Waals surface area contributed by atoms with Gasteiger partial charge in [-0.05, 0) is 42.7 Å². The molecule has 14 heteroatoms. The van der Waals surface area contributed by atoms with Crippen LogP contribution in [0.3, 0.4) is 0 Å². The van der Waals surface area contributed by atoms with Gasteiger partial charge in [0.15, 0.2) is 5.69 Å². The third-order valence-corrected chi connectivity index (χ3v) is 6.88. The van der Waals surface area contributed by atoms with E-state index in [1.54, 1.807) is 41.0 Å². The molecule has 0 unspecified atom stereocenters. The Labute approximate surface area is 218 Å². The molecule has 1 fully saturated rings. The lowest BCUT2D eigenvalue weighted by Gasteiger charge is -2.34. The van der Waals surface area contributed by atoms with Gasteiger partial charge >= 0.3 is 6.18 Å². The molecular weight excluding hydrogens is 531 g/mol. The molecule has 1 aliphatic rings. The third-order valence-electron chi connectivity index (χ3n) is 5.94. The summed E-state index contributed by atoms with van der Waals surface area (Å²) in [5.74, 6) is -0.683. The Kier molecular flexibility index (Phi) is 8.31. The van der Waals surface area contributed by atoms with Gasteiger partial charge in [-0.25, -0.2) is 13.8 Å². The van der Waals surface area contributed by atoms with E-state index < -0.39 is 24.2 Å². The number of aryl methyl sites for hydroxylation is 1. The summed E-state index contributed by atoms with van der Waals surface area (Å²) >= 11 is 1.05. The number of piperazine rings is 1. The lowest BCUT2D eigenvalue weighted by Crippen LogP contribution is -2.49. The normalized spacial score (nSPS) is 14.7. The Hall–Kier alpha value is -3.52. The van der Waals surface area contributed by atoms with E-state index in [1.165, 1.54) is 0 Å². The van der Waals surface area contributed by atoms with E-state index in [0.717, 1.165) is 17.7 Å². The summed E-state index contributed by atoms with van der Waals surface area (Å²) in [6.45, 7) is 2.78. The number of aromatic nitrogens is 3. The highest BCUT2D eigenvalue weighted by Gasteiger charge is 2.33. The summed E-state index contributed by atoms with van der Waals surface area (Å²) in [6.07, 6.45) is -5.26. The van der Waals surface area contributed by atoms with Crippen LogP contribution in [0.1, 0.15) is 42.7 Å². The van der Waals surface area contributed by atoms with E-state index in [-0.39, 0.29) is 24.6 Å². The number of anilines is 1. The van der Waals surface area contributed by atoms with Crippen molar-refractivity contribution in [1.29, 1.82) is 0 Å². The van der Waals surface area contributed by atoms with Gasteiger partial charge in [0.2, 0.25) is 0 Å². The second-order valence-corrected chi connectivity index (χ2v) is 9.51. The highest BCUT2D eigenvalue weighted by Crippen LogP contribution is 2.27. The van der Waals surface area contributed by atoms with Crippen LogP contribution in [-0.4, -0.2) is 75.1 Å². The molecule has 8 nitrogen and oxygen atoms in total. The van der Waals surface area contributed by atoms with Crippen molar-refractivity contribution in [2.45, 2.75) is 25.9 Å². The Morgan fingerprint density at radius 3 is 2.32 bits per heavy atom. The summed E-state index contributed by atoms with van der Waals surface area (Å²) < 4.78 is 67.5. The number of nitrogens with one attached hydrogen (secondary N) is 1. The van der Waals surface area contributed by atoms with Crippen molar-refractivity contribution < 1.29 is 31.5 Å². The number of rotatable bonds is 7. The molecule has 0 aliphatic carbocycles. The second kappa shape index (κ2) is 11.5. The topological polar surface area (TPSA) is 91.3 Å². The van der Waals surface area contributed by atoms with E-state index >= 15 is 0 Å². The molecule has 4 rings (SSSR count). The predicted octanol–water partition coefficient (Wildman–Crippen LogP) is 4.13. The number of hydrogen-bond acceptors (Lipinski definition) is 7. The van der Waals surface area contributed by atoms with Gasteiger partial charge in [-0.2, -0.15) is 17.5 Å². The van der Waals surface area contributed by atoms with Gasteiger partial charge in [-0.15, -0.1) is 0 Å². The first-order valence-corrected chi connectivity index (χ1v) is 12.3. The highest BCUT2D eigenvalue weighted by atomic mass is 32.1. The van der Waals surface area contributed by atoms with Crippen LogP contribution in [0.5, 0.6) is 0 Å². The lowest BCUT2D eigenvalue weighted by molar-refractivity contribution is -0.141. The summed E-state index contributed by atoms with van der Waals surface area (Å²) in [5.41, 5.74) is 0.738. The molecule has 1 N–H and O–H groups in total. The number of hydrogen-bond donors (Lipinski definition) is 1. The van der Waals surface area contributed by atoms with Gasteiger partial charge in [0.1, 0.15) is 0 Å². The molecule has 1 aromatic carbocycles. The summed E-state index contributed by atoms with van der Waals surface area (Å²) in [7, 11) is 0. The molecule has 38 heavy (non-hydrogen) atoms. The van der Waals surface area contributed by atoms with Crippen molar-refractivity contribution in [2.75, 3.05) is 38.0 Å². The van der Waals surface area contributed by atoms with Crippen molar-refractivity contribution >= 4 is 29.0 Å². The van der Waals surface area contributed by atoms with Gasteiger partial charge in [0, 0.05) is 54.9 Å². The first-order valence-electron chi connectivity index (χ1n) is 11.6. The molecular formula is C24H23F5N6O2S. The van der Waals surface area contributed by atoms with Crippen LogP contribution in [0.2, 0.25) is 0 Å². The molecule has 0 saturated carbocycles. The minimum atomic E-state index is -4.59. The molecule has 0 spiro atoms. The lowest BCUT2D eigenvalue weighted by atomic mass is 10.1. The van der Waals surface area contributed by atoms with Crippen LogP contribution < -0.4 is 5.32 Å². The number of carbonyl (C=O) groups excluding carboxylic acids is 2. The van der Waals surface area contributed by atoms with Crippen molar-refractivity contribution in [3.63, 3.8) is 0 Å². The minimum Gasteiger partial charge on any atom is -0.336 e. The van der Waals surface area contributed by atoms with Crippen molar-refractivity contribution in [3.8, 4) is 0 Å². The zero-order valence-corrected chi connectivity index (χ0v) is 21.0. The van der Waals surface area contributed by atoms with Crippen molar-refractivity contribution in [3.05, 3.63) is 69.7 Å². The van der Waals surface area contributed by atoms with Crippen LogP contribution in [0.4, 0.5) is 27.6 Å². The fourth-order valence-corrected chi connectivity index (χ4v) is 4.87. The predicted molar refractivity (Wildman–Crippen MR) is 129 cm³/mol. The molecule has 2 aromatic heterocycles. The van der Waals surface area contributed by atoms with Gasteiger partial charge in [0.05, 0.1) is 29.7 Å². The second-order valence-electron chi connectivity index (χ2n) is 8.65. The zero-order valence-electron chi connectivity index (χ0n) is 20.1. The largest absolute Gasteiger partial charge is 0.434 e. The van der Waals surface area contributed by atoms with Crippen LogP contribution in [0.15, 0.2) is 36.7 Å². The molecule has 0 atom stereocenters. The Balaban J connectivity index is 1.38. The van der Waals surface area contributed by atoms with E-state index in [9.17, 15) is 31.5 Å². The maximum absolute atomic E-state index is 13.0. The average molecular weight is 555 g/mol. The van der Waals surface area contributed by atoms with Crippen molar-refractivity contribution in [2.24, 2.45) is 0 Å². The van der Waals surface area contributed by atoms with Crippen LogP contribution in [0.25, 0.3) is 0 Å². The first kappa shape index (κ1) is 27.5. The Morgan fingerprint density at radius 2 is 1.74 bits per heavy atom. The molecule has 3 heterocycles. The number of alkyl halides is 5. The highest BCUT2D eigenvalue weighted by molar-refractivity contribution is 7.06. The monoisotopic (exact) mass is 554 g/mol. The molecule has 3 aromatic rings. The summed E-state index contributed by atoms with van der Waals surface area (Å²) in [5, 5.41) is 2.75. The number of benzene rings is 1. The molecule has 202 valence electrons. The summed E-state index contributed by atoms with van der Waals surface area (Å²) in [6, 6.07) is 6.30. The number of halogens is 5. The van der Waals surface area contributed by atoms with E-state index in [1.807, 2.05) is 0 Å². The average Bonchev–Trinajstić information content (AvgIpc) is 3.23. The Bertz CT molecular complexity index is 1270. The van der Waals surface area contributed by atoms with Crippen LogP contribution >= 0.6 is 11.5 Å². The fourth-order valence-electron chi connectivity index (χ4n) is 3.99. The third kappa shape index (κ3) is 6.67. The number of amides is 2. The molecule has 1 aliphatic heterocycles. The van der Waals surface area contributed by atoms with Gasteiger partial charge < -0.3 is 10.2 Å². The number of nitrogens with zero attached hydrogens (tertiary/aromatic N) is 5. The maximum atomic E-state index is 13.0. The summed E-state index contributed by atoms with van der Waals surface area (Å²) in [4.78, 5) is 36.7. The van der Waals surface area contributed by atoms with Crippen LogP contribution in [-0.2, 0) is 12.6 Å². The Morgan fingerprint density at radius 1 is 1.05 bits per heavy atom. The SMILES string of the molecule is Cc1nsc(Cc2cnc(C(F)(F)F)cn2)c1C(=O)Nc1ccc(C(=O)N2CCN(CC(F)F)CC2)cc1. The first-order chi connectivity index (χ1) is 18.0. The van der Waals surface area contributed by atoms with E-state index in [2.05, 4.69) is 19.7 Å². The van der Waals surface area contributed by atoms with Crippen LogP contribution in [0, 0.1) is 6.92 Å². The molecule has 0 bridgehead atoms. The zero-order chi connectivity index (χ0) is 27.4. The van der Waals surface area contributed by atoms with Gasteiger partial charge in [-0.3, -0.25) is 19.5 Å².